The van der Waals surface area contributed by atoms with Crippen LogP contribution >= 0.6 is 12.6 Å². The minimum atomic E-state index is -1.52. The van der Waals surface area contributed by atoms with Gasteiger partial charge in [-0.15, -0.1) is 0 Å². The molecular formula is C24H45N11O7S. The van der Waals surface area contributed by atoms with Crippen LogP contribution in [0.15, 0.2) is 9.98 Å². The zero-order valence-electron chi connectivity index (χ0n) is 24.1. The number of carbonyl (C=O) groups excluding carboxylic acids is 4. The molecule has 0 radical (unpaired) electrons. The Kier molecular flexibility index (Phi) is 16.1. The van der Waals surface area contributed by atoms with Gasteiger partial charge in [0, 0.05) is 25.4 Å². The number of aliphatic imine (C=N–C) groups is 2. The first kappa shape index (κ1) is 37.2. The van der Waals surface area contributed by atoms with Crippen molar-refractivity contribution in [3.8, 4) is 0 Å². The normalized spacial score (nSPS) is 17.9. The number of hydrogen-bond donors (Lipinski definition) is 11. The summed E-state index contributed by atoms with van der Waals surface area (Å²) in [7, 11) is 0. The molecule has 1 aliphatic rings. The average molecular weight is 632 g/mol. The highest BCUT2D eigenvalue weighted by molar-refractivity contribution is 7.80. The third-order valence-corrected chi connectivity index (χ3v) is 6.95. The van der Waals surface area contributed by atoms with Gasteiger partial charge in [0.1, 0.15) is 24.2 Å². The number of nitrogens with zero attached hydrogens (tertiary/aromatic N) is 3. The zero-order chi connectivity index (χ0) is 32.7. The summed E-state index contributed by atoms with van der Waals surface area (Å²) in [4.78, 5) is 72.8. The monoisotopic (exact) mass is 631 g/mol. The van der Waals surface area contributed by atoms with E-state index < -0.39 is 65.9 Å². The fourth-order valence-corrected chi connectivity index (χ4v) is 4.47. The number of carbonyl (C=O) groups is 5. The number of hydrogen-bond acceptors (Lipinski definition) is 10. The first-order valence-corrected chi connectivity index (χ1v) is 14.4. The van der Waals surface area contributed by atoms with E-state index in [4.69, 9.17) is 28.7 Å². The number of nitrogens with one attached hydrogen (secondary N) is 3. The predicted molar refractivity (Wildman–Crippen MR) is 161 cm³/mol. The molecule has 0 aromatic heterocycles. The molecule has 1 aliphatic heterocycles. The molecule has 6 atom stereocenters. The van der Waals surface area contributed by atoms with Crippen LogP contribution in [0.25, 0.3) is 0 Å². The maximum absolute atomic E-state index is 13.5. The summed E-state index contributed by atoms with van der Waals surface area (Å²) in [5.74, 6) is -4.39. The van der Waals surface area contributed by atoms with Crippen molar-refractivity contribution in [2.75, 3.05) is 25.4 Å². The number of thiol groups is 1. The molecule has 1 fully saturated rings. The third kappa shape index (κ3) is 12.9. The molecule has 1 saturated heterocycles. The lowest BCUT2D eigenvalue weighted by Crippen LogP contribution is -2.60. The second-order valence-corrected chi connectivity index (χ2v) is 10.4. The van der Waals surface area contributed by atoms with Crippen molar-refractivity contribution >= 4 is 54.1 Å². The topological polar surface area (TPSA) is 320 Å². The van der Waals surface area contributed by atoms with Gasteiger partial charge in [0.05, 0.1) is 12.1 Å². The number of aliphatic hydroxyl groups is 1. The number of carboxylic acids is 1. The van der Waals surface area contributed by atoms with Crippen molar-refractivity contribution in [2.45, 2.75) is 81.8 Å². The molecule has 4 amide bonds. The molecule has 0 spiro atoms. The second-order valence-electron chi connectivity index (χ2n) is 10.1. The Hall–Kier alpha value is -3.84. The van der Waals surface area contributed by atoms with Gasteiger partial charge in [0.15, 0.2) is 11.9 Å². The van der Waals surface area contributed by atoms with Crippen LogP contribution in [0.3, 0.4) is 0 Å². The summed E-state index contributed by atoms with van der Waals surface area (Å²) in [6, 6.07) is -5.90. The zero-order valence-corrected chi connectivity index (χ0v) is 25.0. The summed E-state index contributed by atoms with van der Waals surface area (Å²) >= 11 is 4.01. The minimum Gasteiger partial charge on any atom is -0.480 e. The van der Waals surface area contributed by atoms with E-state index in [0.717, 1.165) is 0 Å². The lowest BCUT2D eigenvalue weighted by Gasteiger charge is -2.31. The number of carboxylic acid groups (broad SMARTS) is 1. The minimum absolute atomic E-state index is 0.0175. The first-order chi connectivity index (χ1) is 20.2. The Morgan fingerprint density at radius 1 is 0.930 bits per heavy atom. The maximum Gasteiger partial charge on any atom is 0.326 e. The second kappa shape index (κ2) is 18.6. The van der Waals surface area contributed by atoms with Gasteiger partial charge in [-0.2, -0.15) is 12.6 Å². The van der Waals surface area contributed by atoms with Crippen LogP contribution < -0.4 is 44.6 Å². The van der Waals surface area contributed by atoms with E-state index in [9.17, 15) is 34.2 Å². The largest absolute Gasteiger partial charge is 0.480 e. The number of aliphatic hydroxyl groups excluding tert-OH is 1. The van der Waals surface area contributed by atoms with Crippen molar-refractivity contribution in [1.29, 1.82) is 0 Å². The summed E-state index contributed by atoms with van der Waals surface area (Å²) in [5, 5.41) is 27.1. The molecule has 0 saturated carbocycles. The Balaban J connectivity index is 3.01. The fourth-order valence-electron chi connectivity index (χ4n) is 4.30. The molecule has 18 nitrogen and oxygen atoms in total. The Morgan fingerprint density at radius 2 is 1.47 bits per heavy atom. The molecule has 43 heavy (non-hydrogen) atoms. The molecule has 0 aromatic rings. The van der Waals surface area contributed by atoms with Gasteiger partial charge in [-0.05, 0) is 45.4 Å². The van der Waals surface area contributed by atoms with E-state index in [1.54, 1.807) is 0 Å². The lowest BCUT2D eigenvalue weighted by atomic mass is 10.1. The molecule has 19 heteroatoms. The van der Waals surface area contributed by atoms with Crippen LogP contribution in [0.5, 0.6) is 0 Å². The van der Waals surface area contributed by atoms with Crippen LogP contribution in [0, 0.1) is 0 Å². The summed E-state index contributed by atoms with van der Waals surface area (Å²) < 4.78 is 0. The van der Waals surface area contributed by atoms with Crippen LogP contribution in [0.2, 0.25) is 0 Å². The van der Waals surface area contributed by atoms with Gasteiger partial charge in [0.2, 0.25) is 23.6 Å². The maximum atomic E-state index is 13.5. The van der Waals surface area contributed by atoms with Crippen LogP contribution in [0.1, 0.15) is 45.4 Å². The summed E-state index contributed by atoms with van der Waals surface area (Å²) in [6.07, 6.45) is -0.00833. The van der Waals surface area contributed by atoms with Gasteiger partial charge in [-0.25, -0.2) is 4.79 Å². The molecule has 244 valence electrons. The van der Waals surface area contributed by atoms with Crippen molar-refractivity contribution in [3.05, 3.63) is 0 Å². The van der Waals surface area contributed by atoms with Crippen LogP contribution in [-0.2, 0) is 24.0 Å². The standard InChI is InChI=1S/C24H45N11O7S/c1-12(36)17(20(39)33-15(22(41)42)6-3-9-31-24(28)29)34-19(38)16-7-4-10-35(16)21(40)14(5-2-8-30-23(26)27)32-18(37)13(25)11-43/h12-17,36,43H,2-11,25H2,1H3,(H,32,37)(H,33,39)(H,34,38)(H,41,42)(H4,26,27,30)(H4,28,29,31)/t12-,13+,14+,15+,16+,17+/m1/s1. The van der Waals surface area contributed by atoms with Crippen molar-refractivity contribution in [2.24, 2.45) is 38.7 Å². The number of likely N-dealkylation sites (tertiary alicyclic amines) is 1. The number of rotatable bonds is 18. The van der Waals surface area contributed by atoms with Gasteiger partial charge in [-0.1, -0.05) is 0 Å². The molecule has 1 heterocycles. The molecule has 0 aromatic carbocycles. The van der Waals surface area contributed by atoms with Crippen molar-refractivity contribution in [1.82, 2.24) is 20.9 Å². The van der Waals surface area contributed by atoms with Crippen LogP contribution in [-0.4, -0.2) is 118 Å². The molecule has 0 aliphatic carbocycles. The summed E-state index contributed by atoms with van der Waals surface area (Å²) in [5.41, 5.74) is 26.9. The highest BCUT2D eigenvalue weighted by Gasteiger charge is 2.40. The van der Waals surface area contributed by atoms with E-state index in [2.05, 4.69) is 38.6 Å². The molecule has 0 unspecified atom stereocenters. The number of amides is 4. The summed E-state index contributed by atoms with van der Waals surface area (Å²) in [6.45, 7) is 1.78. The lowest BCUT2D eigenvalue weighted by molar-refractivity contribution is -0.144. The van der Waals surface area contributed by atoms with E-state index in [0.29, 0.717) is 12.8 Å². The molecule has 15 N–H and O–H groups in total. The van der Waals surface area contributed by atoms with Crippen LogP contribution in [0.4, 0.5) is 0 Å². The quantitative estimate of drug-likeness (QED) is 0.0294. The number of guanidine groups is 2. The predicted octanol–water partition coefficient (Wildman–Crippen LogP) is -4.74. The first-order valence-electron chi connectivity index (χ1n) is 13.8. The van der Waals surface area contributed by atoms with E-state index >= 15 is 0 Å². The van der Waals surface area contributed by atoms with Crippen molar-refractivity contribution in [3.63, 3.8) is 0 Å². The fraction of sp³-hybridized carbons (Fsp3) is 0.708. The highest BCUT2D eigenvalue weighted by atomic mass is 32.1. The SMILES string of the molecule is C[C@@H](O)[C@H](NC(=O)[C@@H]1CCCN1C(=O)[C@H](CCCN=C(N)N)NC(=O)[C@@H](N)CS)C(=O)N[C@@H](CCCN=C(N)N)C(=O)O. The molecule has 0 bridgehead atoms. The van der Waals surface area contributed by atoms with Gasteiger partial charge in [0.25, 0.3) is 0 Å². The van der Waals surface area contributed by atoms with Crippen molar-refractivity contribution < 1.29 is 34.2 Å². The van der Waals surface area contributed by atoms with Gasteiger partial charge in [-0.3, -0.25) is 29.2 Å². The van der Waals surface area contributed by atoms with E-state index in [1.165, 1.54) is 11.8 Å². The highest BCUT2D eigenvalue weighted by Crippen LogP contribution is 2.20. The van der Waals surface area contributed by atoms with E-state index in [1.807, 2.05) is 0 Å². The van der Waals surface area contributed by atoms with Gasteiger partial charge < -0.3 is 59.7 Å². The Bertz CT molecular complexity index is 1040. The Labute approximate surface area is 255 Å². The van der Waals surface area contributed by atoms with Gasteiger partial charge >= 0.3 is 5.97 Å². The number of nitrogens with two attached hydrogens (primary N) is 5. The Morgan fingerprint density at radius 3 is 1.95 bits per heavy atom. The molecule has 1 rings (SSSR count). The van der Waals surface area contributed by atoms with E-state index in [-0.39, 0.29) is 63.0 Å². The smallest absolute Gasteiger partial charge is 0.326 e. The third-order valence-electron chi connectivity index (χ3n) is 6.55. The molecular weight excluding hydrogens is 586 g/mol. The average Bonchev–Trinajstić information content (AvgIpc) is 3.43. The number of aliphatic carboxylic acids is 1.